The van der Waals surface area contributed by atoms with Gasteiger partial charge in [0.2, 0.25) is 0 Å². The SMILES string of the molecule is C=CCCCCC(C(C)C)C(C)C(=O)OC(=O)C(C)C(CCCCC=C)C(C)C. The normalized spacial score (nSPS) is 15.6. The van der Waals surface area contributed by atoms with Crippen molar-refractivity contribution >= 4 is 11.9 Å². The van der Waals surface area contributed by atoms with Crippen LogP contribution < -0.4 is 0 Å². The maximum Gasteiger partial charge on any atom is 0.316 e. The molecule has 0 aliphatic rings. The van der Waals surface area contributed by atoms with Gasteiger partial charge in [0.15, 0.2) is 0 Å². The molecule has 29 heavy (non-hydrogen) atoms. The fraction of sp³-hybridized carbons (Fsp3) is 0.769. The summed E-state index contributed by atoms with van der Waals surface area (Å²) in [6, 6.07) is 0. The van der Waals surface area contributed by atoms with Gasteiger partial charge < -0.3 is 4.74 Å². The number of carbonyl (C=O) groups excluding carboxylic acids is 2. The second kappa shape index (κ2) is 15.5. The Hall–Kier alpha value is -1.38. The molecule has 0 aliphatic carbocycles. The number of allylic oxidation sites excluding steroid dienone is 2. The fourth-order valence-electron chi connectivity index (χ4n) is 4.29. The Morgan fingerprint density at radius 3 is 1.31 bits per heavy atom. The van der Waals surface area contributed by atoms with Crippen molar-refractivity contribution in [1.29, 1.82) is 0 Å². The molecule has 0 aromatic rings. The number of esters is 2. The van der Waals surface area contributed by atoms with Crippen LogP contribution >= 0.6 is 0 Å². The average Bonchev–Trinajstić information content (AvgIpc) is 2.66. The summed E-state index contributed by atoms with van der Waals surface area (Å²) >= 11 is 0. The van der Waals surface area contributed by atoms with E-state index in [9.17, 15) is 9.59 Å². The number of unbranched alkanes of at least 4 members (excludes halogenated alkanes) is 4. The molecular weight excluding hydrogens is 360 g/mol. The molecular formula is C26H46O3. The van der Waals surface area contributed by atoms with Gasteiger partial charge in [-0.05, 0) is 62.2 Å². The first-order valence-corrected chi connectivity index (χ1v) is 11.6. The lowest BCUT2D eigenvalue weighted by Gasteiger charge is -2.28. The lowest BCUT2D eigenvalue weighted by atomic mass is 9.80. The van der Waals surface area contributed by atoms with Gasteiger partial charge in [0.05, 0.1) is 11.8 Å². The van der Waals surface area contributed by atoms with Crippen LogP contribution in [0, 0.1) is 35.5 Å². The molecule has 0 aromatic heterocycles. The van der Waals surface area contributed by atoms with Gasteiger partial charge in [0.25, 0.3) is 0 Å². The van der Waals surface area contributed by atoms with Crippen molar-refractivity contribution in [2.24, 2.45) is 35.5 Å². The third-order valence-corrected chi connectivity index (χ3v) is 6.33. The van der Waals surface area contributed by atoms with E-state index < -0.39 is 0 Å². The van der Waals surface area contributed by atoms with Gasteiger partial charge in [-0.25, -0.2) is 0 Å². The summed E-state index contributed by atoms with van der Waals surface area (Å²) in [4.78, 5) is 25.4. The van der Waals surface area contributed by atoms with Crippen molar-refractivity contribution in [2.45, 2.75) is 92.9 Å². The van der Waals surface area contributed by atoms with Crippen LogP contribution in [0.15, 0.2) is 25.3 Å². The number of hydrogen-bond donors (Lipinski definition) is 0. The molecule has 0 aliphatic heterocycles. The highest BCUT2D eigenvalue weighted by atomic mass is 16.6. The first-order valence-electron chi connectivity index (χ1n) is 11.6. The van der Waals surface area contributed by atoms with E-state index in [-0.39, 0.29) is 35.6 Å². The molecule has 4 unspecified atom stereocenters. The predicted molar refractivity (Wildman–Crippen MR) is 123 cm³/mol. The van der Waals surface area contributed by atoms with Gasteiger partial charge in [-0.1, -0.05) is 66.5 Å². The zero-order valence-corrected chi connectivity index (χ0v) is 19.9. The Morgan fingerprint density at radius 1 is 0.690 bits per heavy atom. The van der Waals surface area contributed by atoms with Crippen LogP contribution in [0.3, 0.4) is 0 Å². The molecule has 0 heterocycles. The third-order valence-electron chi connectivity index (χ3n) is 6.33. The lowest BCUT2D eigenvalue weighted by Crippen LogP contribution is -2.33. The highest BCUT2D eigenvalue weighted by molar-refractivity contribution is 5.87. The highest BCUT2D eigenvalue weighted by Gasteiger charge is 2.33. The van der Waals surface area contributed by atoms with E-state index in [0.29, 0.717) is 11.8 Å². The van der Waals surface area contributed by atoms with E-state index in [0.717, 1.165) is 51.4 Å². The van der Waals surface area contributed by atoms with Crippen LogP contribution in [-0.2, 0) is 14.3 Å². The molecule has 0 aromatic carbocycles. The first kappa shape index (κ1) is 27.6. The molecule has 168 valence electrons. The van der Waals surface area contributed by atoms with Gasteiger partial charge in [-0.15, -0.1) is 13.2 Å². The van der Waals surface area contributed by atoms with Crippen molar-refractivity contribution in [3.63, 3.8) is 0 Å². The highest BCUT2D eigenvalue weighted by Crippen LogP contribution is 2.30. The summed E-state index contributed by atoms with van der Waals surface area (Å²) < 4.78 is 5.38. The Balaban J connectivity index is 4.83. The topological polar surface area (TPSA) is 43.4 Å². The van der Waals surface area contributed by atoms with E-state index in [1.807, 2.05) is 26.0 Å². The molecule has 3 nitrogen and oxygen atoms in total. The fourth-order valence-corrected chi connectivity index (χ4v) is 4.29. The van der Waals surface area contributed by atoms with Gasteiger partial charge >= 0.3 is 11.9 Å². The van der Waals surface area contributed by atoms with E-state index in [1.54, 1.807) is 0 Å². The zero-order valence-electron chi connectivity index (χ0n) is 19.9. The monoisotopic (exact) mass is 406 g/mol. The minimum absolute atomic E-state index is 0.232. The van der Waals surface area contributed by atoms with Crippen LogP contribution in [0.4, 0.5) is 0 Å². The molecule has 3 heteroatoms. The second-order valence-corrected chi connectivity index (χ2v) is 9.28. The van der Waals surface area contributed by atoms with Crippen LogP contribution in [-0.4, -0.2) is 11.9 Å². The number of carbonyl (C=O) groups is 2. The zero-order chi connectivity index (χ0) is 22.4. The van der Waals surface area contributed by atoms with Crippen molar-refractivity contribution < 1.29 is 14.3 Å². The molecule has 0 spiro atoms. The summed E-state index contributed by atoms with van der Waals surface area (Å²) in [5, 5.41) is 0. The van der Waals surface area contributed by atoms with E-state index >= 15 is 0 Å². The molecule has 0 radical (unpaired) electrons. The molecule has 0 N–H and O–H groups in total. The van der Waals surface area contributed by atoms with E-state index in [2.05, 4.69) is 40.9 Å². The molecule has 0 fully saturated rings. The van der Waals surface area contributed by atoms with Crippen molar-refractivity contribution in [1.82, 2.24) is 0 Å². The average molecular weight is 407 g/mol. The molecule has 0 rings (SSSR count). The maximum atomic E-state index is 12.7. The van der Waals surface area contributed by atoms with Crippen molar-refractivity contribution in [3.8, 4) is 0 Å². The number of hydrogen-bond acceptors (Lipinski definition) is 3. The lowest BCUT2D eigenvalue weighted by molar-refractivity contribution is -0.168. The number of ether oxygens (including phenoxy) is 1. The van der Waals surface area contributed by atoms with Crippen LogP contribution in [0.2, 0.25) is 0 Å². The largest absolute Gasteiger partial charge is 0.393 e. The molecule has 0 saturated carbocycles. The molecule has 0 bridgehead atoms. The molecule has 0 amide bonds. The summed E-state index contributed by atoms with van der Waals surface area (Å²) in [6.45, 7) is 19.9. The summed E-state index contributed by atoms with van der Waals surface area (Å²) in [6.07, 6.45) is 12.1. The van der Waals surface area contributed by atoms with Crippen molar-refractivity contribution in [3.05, 3.63) is 25.3 Å². The van der Waals surface area contributed by atoms with Crippen LogP contribution in [0.1, 0.15) is 92.9 Å². The number of rotatable bonds is 16. The summed E-state index contributed by atoms with van der Waals surface area (Å²) in [5.41, 5.74) is 0. The Kier molecular flexibility index (Phi) is 14.7. The van der Waals surface area contributed by atoms with Gasteiger partial charge in [0, 0.05) is 0 Å². The quantitative estimate of drug-likeness (QED) is 0.116. The van der Waals surface area contributed by atoms with Gasteiger partial charge in [-0.2, -0.15) is 0 Å². The van der Waals surface area contributed by atoms with Crippen LogP contribution in [0.25, 0.3) is 0 Å². The summed E-state index contributed by atoms with van der Waals surface area (Å²) in [5.74, 6) is -0.0357. The van der Waals surface area contributed by atoms with Gasteiger partial charge in [-0.3, -0.25) is 9.59 Å². The third kappa shape index (κ3) is 10.8. The Labute approximate surface area is 180 Å². The first-order chi connectivity index (χ1) is 13.7. The summed E-state index contributed by atoms with van der Waals surface area (Å²) in [7, 11) is 0. The van der Waals surface area contributed by atoms with Crippen LogP contribution in [0.5, 0.6) is 0 Å². The van der Waals surface area contributed by atoms with Gasteiger partial charge in [0.1, 0.15) is 0 Å². The Morgan fingerprint density at radius 2 is 1.03 bits per heavy atom. The second-order valence-electron chi connectivity index (χ2n) is 9.28. The Bertz CT molecular complexity index is 448. The minimum Gasteiger partial charge on any atom is -0.393 e. The molecule has 4 atom stereocenters. The minimum atomic E-state index is -0.363. The predicted octanol–water partition coefficient (Wildman–Crippen LogP) is 7.37. The van der Waals surface area contributed by atoms with Crippen molar-refractivity contribution in [2.75, 3.05) is 0 Å². The standard InChI is InChI=1S/C26H46O3/c1-9-11-13-15-17-23(19(3)4)21(7)25(27)29-26(28)22(8)24(20(5)6)18-16-14-12-10-2/h9-10,19-24H,1-2,11-18H2,3-8H3. The van der Waals surface area contributed by atoms with E-state index in [1.165, 1.54) is 0 Å². The maximum absolute atomic E-state index is 12.7. The molecule has 0 saturated heterocycles. The smallest absolute Gasteiger partial charge is 0.316 e. The van der Waals surface area contributed by atoms with E-state index in [4.69, 9.17) is 4.74 Å².